The number of halogens is 1. The number of sulfonamides is 1. The third kappa shape index (κ3) is 3.43. The highest BCUT2D eigenvalue weighted by Crippen LogP contribution is 2.31. The van der Waals surface area contributed by atoms with Gasteiger partial charge in [-0.1, -0.05) is 48.0 Å². The molecular weight excluding hydrogens is 332 g/mol. The molecule has 0 radical (unpaired) electrons. The fraction of sp³-hybridized carbons (Fsp3) is 0.294. The minimum atomic E-state index is -3.58. The maximum atomic E-state index is 13.1. The van der Waals surface area contributed by atoms with Crippen LogP contribution < -0.4 is 0 Å². The monoisotopic (exact) mass is 350 g/mol. The van der Waals surface area contributed by atoms with E-state index in [1.54, 1.807) is 22.5 Å². The van der Waals surface area contributed by atoms with Gasteiger partial charge in [0.05, 0.1) is 10.9 Å². The van der Waals surface area contributed by atoms with Crippen molar-refractivity contribution < 1.29 is 8.42 Å². The fourth-order valence-electron chi connectivity index (χ4n) is 2.90. The second-order valence-corrected chi connectivity index (χ2v) is 8.09. The third-order valence-corrected chi connectivity index (χ3v) is 6.26. The molecule has 0 spiro atoms. The first-order valence-electron chi connectivity index (χ1n) is 7.49. The molecule has 0 bridgehead atoms. The third-order valence-electron chi connectivity index (χ3n) is 4.12. The van der Waals surface area contributed by atoms with Crippen LogP contribution in [0.2, 0.25) is 5.02 Å². The van der Waals surface area contributed by atoms with Crippen molar-refractivity contribution in [2.24, 2.45) is 0 Å². The van der Waals surface area contributed by atoms with Gasteiger partial charge in [-0.3, -0.25) is 0 Å². The molecule has 0 unspecified atom stereocenters. The highest BCUT2D eigenvalue weighted by molar-refractivity contribution is 7.89. The maximum absolute atomic E-state index is 13.1. The van der Waals surface area contributed by atoms with Crippen LogP contribution in [0.15, 0.2) is 59.5 Å². The van der Waals surface area contributed by atoms with Crippen LogP contribution in [0.4, 0.5) is 0 Å². The van der Waals surface area contributed by atoms with E-state index in [-0.39, 0.29) is 10.9 Å². The summed E-state index contributed by atoms with van der Waals surface area (Å²) in [5.74, 6) is 0. The van der Waals surface area contributed by atoms with E-state index in [9.17, 15) is 8.42 Å². The normalized spacial score (nSPS) is 20.5. The molecule has 0 amide bonds. The first-order chi connectivity index (χ1) is 11.0. The van der Waals surface area contributed by atoms with Crippen molar-refractivity contribution in [3.05, 3.63) is 65.2 Å². The maximum Gasteiger partial charge on any atom is 0.243 e. The average Bonchev–Trinajstić information content (AvgIpc) is 2.55. The largest absolute Gasteiger partial charge is 0.303 e. The van der Waals surface area contributed by atoms with Gasteiger partial charge in [0.25, 0.3) is 0 Å². The van der Waals surface area contributed by atoms with Gasteiger partial charge in [-0.2, -0.15) is 4.31 Å². The smallest absolute Gasteiger partial charge is 0.243 e. The topological polar surface area (TPSA) is 40.6 Å². The molecule has 1 fully saturated rings. The van der Waals surface area contributed by atoms with Gasteiger partial charge >= 0.3 is 0 Å². The summed E-state index contributed by atoms with van der Waals surface area (Å²) in [6, 6.07) is 16.0. The summed E-state index contributed by atoms with van der Waals surface area (Å²) < 4.78 is 27.7. The minimum absolute atomic E-state index is 0.195. The molecule has 4 nitrogen and oxygen atoms in total. The molecule has 3 rings (SSSR count). The molecule has 1 saturated heterocycles. The molecule has 122 valence electrons. The Labute approximate surface area is 142 Å². The Morgan fingerprint density at radius 3 is 2.48 bits per heavy atom. The lowest BCUT2D eigenvalue weighted by molar-refractivity contribution is 0.160. The summed E-state index contributed by atoms with van der Waals surface area (Å²) in [5.41, 5.74) is 1.00. The van der Waals surface area contributed by atoms with Gasteiger partial charge in [-0.25, -0.2) is 8.42 Å². The molecule has 1 aliphatic heterocycles. The average molecular weight is 351 g/mol. The zero-order valence-corrected chi connectivity index (χ0v) is 14.5. The Morgan fingerprint density at radius 2 is 1.78 bits per heavy atom. The number of hydrogen-bond donors (Lipinski definition) is 0. The fourth-order valence-corrected chi connectivity index (χ4v) is 4.80. The SMILES string of the molecule is CN1CCN(S(=O)(=O)c2cccc(Cl)c2)[C@H](c2ccccc2)C1. The van der Waals surface area contributed by atoms with Crippen LogP contribution in [0.1, 0.15) is 11.6 Å². The number of hydrogen-bond acceptors (Lipinski definition) is 3. The van der Waals surface area contributed by atoms with E-state index < -0.39 is 10.0 Å². The summed E-state index contributed by atoms with van der Waals surface area (Å²) >= 11 is 5.98. The molecule has 2 aromatic carbocycles. The number of nitrogens with zero attached hydrogens (tertiary/aromatic N) is 2. The first-order valence-corrected chi connectivity index (χ1v) is 9.31. The van der Waals surface area contributed by atoms with E-state index in [2.05, 4.69) is 4.90 Å². The quantitative estimate of drug-likeness (QED) is 0.854. The van der Waals surface area contributed by atoms with Gasteiger partial charge in [-0.15, -0.1) is 0 Å². The van der Waals surface area contributed by atoms with Crippen LogP contribution in [0, 0.1) is 0 Å². The van der Waals surface area contributed by atoms with Crippen LogP contribution in [-0.4, -0.2) is 44.3 Å². The highest BCUT2D eigenvalue weighted by Gasteiger charge is 2.36. The Morgan fingerprint density at radius 1 is 1.04 bits per heavy atom. The van der Waals surface area contributed by atoms with Crippen molar-refractivity contribution in [3.8, 4) is 0 Å². The molecule has 0 saturated carbocycles. The Kier molecular flexibility index (Phi) is 4.73. The number of rotatable bonds is 3. The van der Waals surface area contributed by atoms with E-state index in [1.165, 1.54) is 6.07 Å². The van der Waals surface area contributed by atoms with Gasteiger partial charge in [0, 0.05) is 24.7 Å². The van der Waals surface area contributed by atoms with Crippen LogP contribution >= 0.6 is 11.6 Å². The van der Waals surface area contributed by atoms with Gasteiger partial charge in [0.2, 0.25) is 10.0 Å². The lowest BCUT2D eigenvalue weighted by Gasteiger charge is -2.39. The van der Waals surface area contributed by atoms with Crippen LogP contribution in [0.5, 0.6) is 0 Å². The molecule has 0 aliphatic carbocycles. The number of benzene rings is 2. The van der Waals surface area contributed by atoms with Crippen LogP contribution in [-0.2, 0) is 10.0 Å². The van der Waals surface area contributed by atoms with Gasteiger partial charge in [0.1, 0.15) is 0 Å². The molecule has 23 heavy (non-hydrogen) atoms. The van der Waals surface area contributed by atoms with Crippen molar-refractivity contribution in [3.63, 3.8) is 0 Å². The van der Waals surface area contributed by atoms with Gasteiger partial charge in [-0.05, 0) is 30.8 Å². The predicted molar refractivity (Wildman–Crippen MR) is 92.0 cm³/mol. The van der Waals surface area contributed by atoms with Crippen molar-refractivity contribution in [2.75, 3.05) is 26.7 Å². The van der Waals surface area contributed by atoms with Crippen molar-refractivity contribution in [1.82, 2.24) is 9.21 Å². The first kappa shape index (κ1) is 16.5. The molecule has 1 atom stereocenters. The molecule has 1 heterocycles. The van der Waals surface area contributed by atoms with E-state index in [0.717, 1.165) is 5.56 Å². The number of likely N-dealkylation sites (N-methyl/N-ethyl adjacent to an activating group) is 1. The van der Waals surface area contributed by atoms with Crippen LogP contribution in [0.3, 0.4) is 0 Å². The van der Waals surface area contributed by atoms with Crippen molar-refractivity contribution >= 4 is 21.6 Å². The summed E-state index contributed by atoms with van der Waals surface area (Å²) in [7, 11) is -1.57. The van der Waals surface area contributed by atoms with E-state index in [1.807, 2.05) is 37.4 Å². The second kappa shape index (κ2) is 6.61. The van der Waals surface area contributed by atoms with Crippen molar-refractivity contribution in [1.29, 1.82) is 0 Å². The summed E-state index contributed by atoms with van der Waals surface area (Å²) in [5, 5.41) is 0.427. The van der Waals surface area contributed by atoms with Gasteiger partial charge < -0.3 is 4.90 Å². The molecule has 6 heteroatoms. The Balaban J connectivity index is 2.01. The minimum Gasteiger partial charge on any atom is -0.303 e. The Bertz CT molecular complexity index is 780. The lowest BCUT2D eigenvalue weighted by Crippen LogP contribution is -2.49. The summed E-state index contributed by atoms with van der Waals surface area (Å²) in [6.07, 6.45) is 0. The van der Waals surface area contributed by atoms with E-state index >= 15 is 0 Å². The Hall–Kier alpha value is -1.40. The van der Waals surface area contributed by atoms with Crippen LogP contribution in [0.25, 0.3) is 0 Å². The van der Waals surface area contributed by atoms with Crippen molar-refractivity contribution in [2.45, 2.75) is 10.9 Å². The zero-order valence-electron chi connectivity index (χ0n) is 12.9. The molecule has 0 aromatic heterocycles. The molecule has 2 aromatic rings. The van der Waals surface area contributed by atoms with Gasteiger partial charge in [0.15, 0.2) is 0 Å². The molecular formula is C17H19ClN2O2S. The van der Waals surface area contributed by atoms with E-state index in [4.69, 9.17) is 11.6 Å². The predicted octanol–water partition coefficient (Wildman–Crippen LogP) is 3.02. The number of piperazine rings is 1. The van der Waals surface area contributed by atoms with E-state index in [0.29, 0.717) is 24.7 Å². The molecule has 0 N–H and O–H groups in total. The summed E-state index contributed by atoms with van der Waals surface area (Å²) in [4.78, 5) is 2.40. The lowest BCUT2D eigenvalue weighted by atomic mass is 10.1. The zero-order chi connectivity index (χ0) is 16.4. The highest BCUT2D eigenvalue weighted by atomic mass is 35.5. The summed E-state index contributed by atoms with van der Waals surface area (Å²) in [6.45, 7) is 1.85. The second-order valence-electron chi connectivity index (χ2n) is 5.76. The standard InChI is InChI=1S/C17H19ClN2O2S/c1-19-10-11-20(17(13-19)14-6-3-2-4-7-14)23(21,22)16-9-5-8-15(18)12-16/h2-9,12,17H,10-11,13H2,1H3/t17-/m0/s1. The molecule has 1 aliphatic rings.